The van der Waals surface area contributed by atoms with Crippen molar-refractivity contribution in [3.8, 4) is 5.00 Å². The van der Waals surface area contributed by atoms with Gasteiger partial charge in [-0.25, -0.2) is 9.59 Å². The number of rotatable bonds is 3. The van der Waals surface area contributed by atoms with Crippen LogP contribution in [0.5, 0.6) is 0 Å². The number of halogens is 6. The molecule has 0 bridgehead atoms. The molecule has 2 heterocycles. The molecule has 0 radical (unpaired) electrons. The number of aromatic nitrogens is 3. The molecule has 0 amide bonds. The zero-order chi connectivity index (χ0) is 17.6. The van der Waals surface area contributed by atoms with E-state index >= 15 is 0 Å². The van der Waals surface area contributed by atoms with Gasteiger partial charge in [-0.3, -0.25) is 0 Å². The predicted octanol–water partition coefficient (Wildman–Crippen LogP) is 4.82. The lowest BCUT2D eigenvalue weighted by Gasteiger charge is -2.14. The lowest BCUT2D eigenvalue weighted by atomic mass is 10.4. The van der Waals surface area contributed by atoms with E-state index in [0.717, 1.165) is 18.3 Å². The Balaban J connectivity index is 2.69. The maximum atomic E-state index is 12.6. The summed E-state index contributed by atoms with van der Waals surface area (Å²) in [5.41, 5.74) is -0.594. The van der Waals surface area contributed by atoms with Crippen LogP contribution in [-0.2, 0) is 0 Å². The van der Waals surface area contributed by atoms with Crippen LogP contribution in [0.2, 0.25) is 0 Å². The molecule has 128 valence electrons. The minimum absolute atomic E-state index is 0.403. The van der Waals surface area contributed by atoms with Crippen LogP contribution in [0.4, 0.5) is 0 Å². The van der Waals surface area contributed by atoms with Gasteiger partial charge < -0.3 is 0 Å². The van der Waals surface area contributed by atoms with Crippen LogP contribution < -0.4 is 11.4 Å². The van der Waals surface area contributed by atoms with Gasteiger partial charge in [0.05, 0.1) is 0 Å². The molecule has 14 heteroatoms. The van der Waals surface area contributed by atoms with E-state index < -0.39 is 17.6 Å². The highest BCUT2D eigenvalue weighted by Crippen LogP contribution is 2.42. The Kier molecular flexibility index (Phi) is 6.36. The molecule has 5 nitrogen and oxygen atoms in total. The summed E-state index contributed by atoms with van der Waals surface area (Å²) in [6.45, 7) is 1.83. The van der Waals surface area contributed by atoms with Gasteiger partial charge in [0.15, 0.2) is 0 Å². The van der Waals surface area contributed by atoms with E-state index in [2.05, 4.69) is 0 Å². The molecule has 2 aromatic rings. The Labute approximate surface area is 172 Å². The first-order valence-corrected chi connectivity index (χ1v) is 10.1. The maximum Gasteiger partial charge on any atom is 0.364 e. The number of alkyl halides is 6. The molecule has 0 spiro atoms. The second-order valence-electron chi connectivity index (χ2n) is 3.98. The Hall–Kier alpha value is 0.880. The summed E-state index contributed by atoms with van der Waals surface area (Å²) in [6.07, 6.45) is 0. The third kappa shape index (κ3) is 5.18. The number of nitrogens with zero attached hydrogens (tertiary/aromatic N) is 3. The van der Waals surface area contributed by atoms with E-state index in [1.807, 2.05) is 6.92 Å². The fourth-order valence-corrected chi connectivity index (χ4v) is 4.75. The minimum Gasteiger partial charge on any atom is -0.244 e. The summed E-state index contributed by atoms with van der Waals surface area (Å²) in [7, 11) is 0. The van der Waals surface area contributed by atoms with Crippen LogP contribution in [0.3, 0.4) is 0 Å². The van der Waals surface area contributed by atoms with Gasteiger partial charge in [0.1, 0.15) is 5.00 Å². The molecule has 0 fully saturated rings. The van der Waals surface area contributed by atoms with Crippen LogP contribution in [0.25, 0.3) is 5.00 Å². The molecule has 0 aliphatic heterocycles. The predicted molar refractivity (Wildman–Crippen MR) is 103 cm³/mol. The zero-order valence-corrected chi connectivity index (χ0v) is 17.8. The third-order valence-electron chi connectivity index (χ3n) is 2.19. The Morgan fingerprint density at radius 2 is 1.39 bits per heavy atom. The van der Waals surface area contributed by atoms with Gasteiger partial charge in [0, 0.05) is 23.9 Å². The average Bonchev–Trinajstić information content (AvgIpc) is 2.84. The summed E-state index contributed by atoms with van der Waals surface area (Å²) in [6, 6.07) is 1.67. The first-order valence-electron chi connectivity index (χ1n) is 5.44. The number of hydrogen-bond donors (Lipinski definition) is 0. The summed E-state index contributed by atoms with van der Waals surface area (Å²) in [5.74, 6) is 0. The van der Waals surface area contributed by atoms with Gasteiger partial charge in [-0.1, -0.05) is 69.6 Å². The highest BCUT2D eigenvalue weighted by atomic mass is 35.6. The lowest BCUT2D eigenvalue weighted by Crippen LogP contribution is -2.26. The molecular weight excluding hydrogens is 491 g/mol. The van der Waals surface area contributed by atoms with E-state index in [1.165, 1.54) is 11.3 Å². The summed E-state index contributed by atoms with van der Waals surface area (Å²) in [5, 5.41) is 2.19. The molecule has 0 aliphatic carbocycles. The maximum absolute atomic E-state index is 12.6. The van der Waals surface area contributed by atoms with E-state index in [9.17, 15) is 9.59 Å². The highest BCUT2D eigenvalue weighted by Gasteiger charge is 2.32. The van der Waals surface area contributed by atoms with Gasteiger partial charge in [-0.2, -0.15) is 12.7 Å². The first-order chi connectivity index (χ1) is 10.4. The van der Waals surface area contributed by atoms with Gasteiger partial charge in [0.2, 0.25) is 0 Å². The molecule has 2 rings (SSSR count). The van der Waals surface area contributed by atoms with Crippen molar-refractivity contribution in [3.63, 3.8) is 0 Å². The molecule has 2 aromatic heterocycles. The monoisotopic (exact) mass is 493 g/mol. The Morgan fingerprint density at radius 1 is 0.957 bits per heavy atom. The molecule has 0 saturated heterocycles. The van der Waals surface area contributed by atoms with Crippen molar-refractivity contribution >= 4 is 105 Å². The largest absolute Gasteiger partial charge is 0.364 e. The van der Waals surface area contributed by atoms with E-state index in [1.54, 1.807) is 11.4 Å². The van der Waals surface area contributed by atoms with Crippen molar-refractivity contribution in [2.75, 3.05) is 0 Å². The summed E-state index contributed by atoms with van der Waals surface area (Å²) >= 11 is 36.4. The Bertz CT molecular complexity index is 780. The smallest absolute Gasteiger partial charge is 0.244 e. The normalized spacial score (nSPS) is 12.8. The zero-order valence-electron chi connectivity index (χ0n) is 10.8. The second kappa shape index (κ2) is 7.25. The molecular formula is C9H5Cl6N3O2S3. The second-order valence-corrected chi connectivity index (χ2v) is 13.1. The van der Waals surface area contributed by atoms with Crippen LogP contribution in [0.15, 0.2) is 21.0 Å². The topological polar surface area (TPSA) is 48.9 Å². The number of hydrogen-bond acceptors (Lipinski definition) is 5. The third-order valence-corrected chi connectivity index (χ3v) is 5.97. The van der Waals surface area contributed by atoms with Crippen LogP contribution in [0, 0.1) is 6.92 Å². The number of thiophene rings is 1. The molecule has 0 N–H and O–H groups in total. The van der Waals surface area contributed by atoms with Gasteiger partial charge in [-0.15, -0.1) is 11.3 Å². The SMILES string of the molecule is Cc1csc(-n2c(=O)n(SC(Cl)(Cl)Cl)n(SC(Cl)(Cl)Cl)c2=O)c1. The van der Waals surface area contributed by atoms with Gasteiger partial charge in [0.25, 0.3) is 6.25 Å². The van der Waals surface area contributed by atoms with Crippen molar-refractivity contribution in [3.05, 3.63) is 38.0 Å². The van der Waals surface area contributed by atoms with Gasteiger partial charge >= 0.3 is 11.4 Å². The van der Waals surface area contributed by atoms with E-state index in [0.29, 0.717) is 28.9 Å². The Morgan fingerprint density at radius 3 is 1.70 bits per heavy atom. The van der Waals surface area contributed by atoms with Gasteiger partial charge in [-0.05, 0) is 23.9 Å². The standard InChI is InChI=1S/C9H5Cl6N3O2S3/c1-4-2-5(21-3-4)16-6(19)17(22-8(10,11)12)18(7(16)20)23-9(13,14)15/h2-3H,1H3. The van der Waals surface area contributed by atoms with Crippen LogP contribution in [0.1, 0.15) is 5.56 Å². The fourth-order valence-electron chi connectivity index (χ4n) is 1.48. The van der Waals surface area contributed by atoms with E-state index in [4.69, 9.17) is 69.6 Å². The summed E-state index contributed by atoms with van der Waals surface area (Å²) in [4.78, 5) is 25.1. The van der Waals surface area contributed by atoms with Crippen molar-refractivity contribution in [2.45, 2.75) is 13.2 Å². The molecule has 23 heavy (non-hydrogen) atoms. The first kappa shape index (κ1) is 20.2. The van der Waals surface area contributed by atoms with E-state index in [-0.39, 0.29) is 0 Å². The number of aryl methyl sites for hydroxylation is 1. The molecule has 0 unspecified atom stereocenters. The average molecular weight is 496 g/mol. The quantitative estimate of drug-likeness (QED) is 0.573. The van der Waals surface area contributed by atoms with Crippen molar-refractivity contribution in [2.24, 2.45) is 0 Å². The molecule has 0 atom stereocenters. The molecule has 0 aromatic carbocycles. The summed E-state index contributed by atoms with van der Waals surface area (Å²) < 4.78 is -1.23. The minimum atomic E-state index is -1.90. The van der Waals surface area contributed by atoms with Crippen LogP contribution >= 0.6 is 105 Å². The van der Waals surface area contributed by atoms with Crippen molar-refractivity contribution < 1.29 is 0 Å². The van der Waals surface area contributed by atoms with Crippen molar-refractivity contribution in [1.29, 1.82) is 0 Å². The lowest BCUT2D eigenvalue weighted by molar-refractivity contribution is 0.888. The molecule has 0 saturated carbocycles. The fraction of sp³-hybridized carbons (Fsp3) is 0.333. The highest BCUT2D eigenvalue weighted by molar-refractivity contribution is 8.05. The van der Waals surface area contributed by atoms with Crippen LogP contribution in [-0.4, -0.2) is 19.0 Å². The molecule has 0 aliphatic rings. The van der Waals surface area contributed by atoms with Crippen molar-refractivity contribution in [1.82, 2.24) is 12.7 Å².